The van der Waals surface area contributed by atoms with Gasteiger partial charge in [-0.15, -0.1) is 0 Å². The summed E-state index contributed by atoms with van der Waals surface area (Å²) in [6, 6.07) is 16.3. The van der Waals surface area contributed by atoms with Crippen LogP contribution in [0.25, 0.3) is 0 Å². The van der Waals surface area contributed by atoms with Crippen molar-refractivity contribution in [1.82, 2.24) is 5.32 Å². The zero-order valence-corrected chi connectivity index (χ0v) is 23.0. The van der Waals surface area contributed by atoms with Crippen LogP contribution in [0.5, 0.6) is 0 Å². The lowest BCUT2D eigenvalue weighted by Gasteiger charge is -2.12. The zero-order valence-electron chi connectivity index (χ0n) is 22.2. The summed E-state index contributed by atoms with van der Waals surface area (Å²) in [5.41, 5.74) is 8.21. The number of hydrogen-bond acceptors (Lipinski definition) is 5. The molecule has 0 saturated carbocycles. The molecule has 0 aliphatic heterocycles. The minimum atomic E-state index is -0.443. The Morgan fingerprint density at radius 3 is 2.39 bits per heavy atom. The topological polar surface area (TPSA) is 48.8 Å². The molecule has 0 unspecified atom stereocenters. The number of halogens is 1. The number of rotatable bonds is 12. The van der Waals surface area contributed by atoms with Gasteiger partial charge in [0.25, 0.3) is 0 Å². The van der Waals surface area contributed by atoms with Gasteiger partial charge in [0, 0.05) is 41.9 Å². The fourth-order valence-electron chi connectivity index (χ4n) is 3.19. The predicted molar refractivity (Wildman–Crippen MR) is 157 cm³/mol. The summed E-state index contributed by atoms with van der Waals surface area (Å²) in [5, 5.41) is 3.49. The molecule has 0 aromatic heterocycles. The second-order valence-corrected chi connectivity index (χ2v) is 9.20. The van der Waals surface area contributed by atoms with Crippen LogP contribution in [0, 0.1) is 6.92 Å². The van der Waals surface area contributed by atoms with Crippen LogP contribution in [0.3, 0.4) is 0 Å². The minimum absolute atomic E-state index is 0.443. The molecule has 36 heavy (non-hydrogen) atoms. The normalized spacial score (nSPS) is 13.6. The highest BCUT2D eigenvalue weighted by Gasteiger charge is 2.07. The van der Waals surface area contributed by atoms with Gasteiger partial charge < -0.3 is 10.0 Å². The number of nitrogens with one attached hydrogen (secondary N) is 2. The molecule has 2 aromatic rings. The zero-order chi connectivity index (χ0) is 26.5. The molecular weight excluding hydrogens is 467 g/mol. The van der Waals surface area contributed by atoms with Crippen LogP contribution in [-0.2, 0) is 6.54 Å². The number of aliphatic imine (C=N–C) groups is 2. The maximum Gasteiger partial charge on any atom is 0.131 e. The molecule has 2 N–H and O–H groups in total. The van der Waals surface area contributed by atoms with E-state index in [0.29, 0.717) is 11.4 Å². The molecule has 0 bridgehead atoms. The molecule has 0 saturated heterocycles. The van der Waals surface area contributed by atoms with Gasteiger partial charge in [-0.3, -0.25) is 9.98 Å². The molecule has 190 valence electrons. The Morgan fingerprint density at radius 2 is 1.78 bits per heavy atom. The number of benzene rings is 2. The SMILES string of the molecule is C=C(F)/C(=C\C)SNc1ccc(CN/C(C)=C/C(=N/C(C)=C(\C)C=NCC)c2ccccc2C)cc1. The lowest BCUT2D eigenvalue weighted by molar-refractivity contribution is 0.667. The number of aryl methyl sites for hydroxylation is 1. The first-order chi connectivity index (χ1) is 17.2. The Morgan fingerprint density at radius 1 is 1.08 bits per heavy atom. The van der Waals surface area contributed by atoms with Gasteiger partial charge in [-0.2, -0.15) is 0 Å². The van der Waals surface area contributed by atoms with Crippen LogP contribution in [0.2, 0.25) is 0 Å². The van der Waals surface area contributed by atoms with Gasteiger partial charge in [0.1, 0.15) is 5.83 Å². The number of allylic oxidation sites excluding steroid dienone is 6. The van der Waals surface area contributed by atoms with E-state index < -0.39 is 5.83 Å². The summed E-state index contributed by atoms with van der Waals surface area (Å²) in [6.45, 7) is 16.8. The van der Waals surface area contributed by atoms with Gasteiger partial charge in [0.2, 0.25) is 0 Å². The third-order valence-electron chi connectivity index (χ3n) is 5.43. The van der Waals surface area contributed by atoms with E-state index in [-0.39, 0.29) is 0 Å². The summed E-state index contributed by atoms with van der Waals surface area (Å²) in [5.74, 6) is -0.443. The Labute approximate surface area is 220 Å². The fourth-order valence-corrected chi connectivity index (χ4v) is 3.79. The molecule has 0 amide bonds. The third kappa shape index (κ3) is 9.34. The molecule has 0 spiro atoms. The fraction of sp³-hybridized carbons (Fsp3) is 0.267. The molecule has 0 fully saturated rings. The van der Waals surface area contributed by atoms with Gasteiger partial charge in [-0.1, -0.05) is 49.1 Å². The quantitative estimate of drug-likeness (QED) is 0.174. The molecule has 0 radical (unpaired) electrons. The van der Waals surface area contributed by atoms with Crippen LogP contribution in [0.15, 0.2) is 105 Å². The van der Waals surface area contributed by atoms with Gasteiger partial charge in [0.05, 0.1) is 10.6 Å². The van der Waals surface area contributed by atoms with Crippen molar-refractivity contribution in [1.29, 1.82) is 0 Å². The Balaban J connectivity index is 2.17. The first-order valence-corrected chi connectivity index (χ1v) is 12.8. The minimum Gasteiger partial charge on any atom is -0.384 e. The lowest BCUT2D eigenvalue weighted by atomic mass is 10.0. The first kappa shape index (κ1) is 28.9. The third-order valence-corrected chi connectivity index (χ3v) is 6.45. The molecule has 4 nitrogen and oxygen atoms in total. The van der Waals surface area contributed by atoms with E-state index in [1.54, 1.807) is 13.0 Å². The average molecular weight is 505 g/mol. The molecule has 0 atom stereocenters. The Bertz CT molecular complexity index is 1190. The molecular formula is C30H37FN4S. The molecule has 0 aliphatic rings. The van der Waals surface area contributed by atoms with E-state index in [1.165, 1.54) is 17.5 Å². The van der Waals surface area contributed by atoms with Crippen molar-refractivity contribution in [3.05, 3.63) is 112 Å². The second-order valence-electron chi connectivity index (χ2n) is 8.35. The monoisotopic (exact) mass is 504 g/mol. The largest absolute Gasteiger partial charge is 0.384 e. The van der Waals surface area contributed by atoms with Crippen LogP contribution in [0.1, 0.15) is 51.3 Å². The van der Waals surface area contributed by atoms with Crippen LogP contribution < -0.4 is 10.0 Å². The van der Waals surface area contributed by atoms with Crippen LogP contribution in [0.4, 0.5) is 10.1 Å². The number of nitrogens with zero attached hydrogens (tertiary/aromatic N) is 2. The molecule has 2 aromatic carbocycles. The highest BCUT2D eigenvalue weighted by atomic mass is 32.2. The van der Waals surface area contributed by atoms with Crippen molar-refractivity contribution < 1.29 is 4.39 Å². The van der Waals surface area contributed by atoms with Gasteiger partial charge in [0.15, 0.2) is 0 Å². The number of anilines is 1. The van der Waals surface area contributed by atoms with Crippen molar-refractivity contribution in [2.24, 2.45) is 9.98 Å². The maximum absolute atomic E-state index is 13.3. The van der Waals surface area contributed by atoms with E-state index in [0.717, 1.165) is 46.0 Å². The average Bonchev–Trinajstić information content (AvgIpc) is 2.86. The first-order valence-electron chi connectivity index (χ1n) is 12.0. The highest BCUT2D eigenvalue weighted by molar-refractivity contribution is 8.04. The van der Waals surface area contributed by atoms with Gasteiger partial charge in [-0.05, 0) is 88.4 Å². The van der Waals surface area contributed by atoms with E-state index in [4.69, 9.17) is 4.99 Å². The summed E-state index contributed by atoms with van der Waals surface area (Å²) in [4.78, 5) is 9.78. The van der Waals surface area contributed by atoms with Crippen molar-refractivity contribution >= 4 is 29.6 Å². The predicted octanol–water partition coefficient (Wildman–Crippen LogP) is 8.31. The molecule has 2 rings (SSSR count). The van der Waals surface area contributed by atoms with E-state index in [1.807, 2.05) is 70.3 Å². The van der Waals surface area contributed by atoms with Crippen molar-refractivity contribution in [2.45, 2.75) is 48.1 Å². The Kier molecular flexibility index (Phi) is 11.9. The summed E-state index contributed by atoms with van der Waals surface area (Å²) in [6.07, 6.45) is 5.66. The smallest absolute Gasteiger partial charge is 0.131 e. The second kappa shape index (κ2) is 14.9. The molecule has 0 aliphatic carbocycles. The van der Waals surface area contributed by atoms with Crippen molar-refractivity contribution in [2.75, 3.05) is 11.3 Å². The molecule has 6 heteroatoms. The van der Waals surface area contributed by atoms with Crippen molar-refractivity contribution in [3.8, 4) is 0 Å². The maximum atomic E-state index is 13.3. The van der Waals surface area contributed by atoms with E-state index in [9.17, 15) is 4.39 Å². The lowest BCUT2D eigenvalue weighted by Crippen LogP contribution is -2.13. The standard InChI is InChI=1S/C30H37FN4S/c1-8-30(24(6)31)36-35-27-16-14-26(15-17-27)20-33-23(5)18-29(28-13-11-10-12-21(28)3)34-25(7)22(4)19-32-9-2/h8,10-19,33,35H,6,9,20H2,1-5,7H3/b23-18+,25-22+,30-8+,32-19?,34-29-. The van der Waals surface area contributed by atoms with Gasteiger partial charge in [-0.25, -0.2) is 4.39 Å². The van der Waals surface area contributed by atoms with E-state index >= 15 is 0 Å². The van der Waals surface area contributed by atoms with Crippen molar-refractivity contribution in [3.63, 3.8) is 0 Å². The number of hydrogen-bond donors (Lipinski definition) is 2. The van der Waals surface area contributed by atoms with Crippen LogP contribution in [-0.4, -0.2) is 18.5 Å². The summed E-state index contributed by atoms with van der Waals surface area (Å²) >= 11 is 1.21. The highest BCUT2D eigenvalue weighted by Crippen LogP contribution is 2.25. The van der Waals surface area contributed by atoms with E-state index in [2.05, 4.69) is 46.7 Å². The Hall–Kier alpha value is -3.38. The summed E-state index contributed by atoms with van der Waals surface area (Å²) in [7, 11) is 0. The van der Waals surface area contributed by atoms with Crippen LogP contribution >= 0.6 is 11.9 Å². The van der Waals surface area contributed by atoms with Gasteiger partial charge >= 0.3 is 0 Å². The molecule has 0 heterocycles. The summed E-state index contributed by atoms with van der Waals surface area (Å²) < 4.78 is 16.5.